The average molecular weight is 2140 g/mol. The largest absolute Gasteiger partial charge is 0.481 e. The van der Waals surface area contributed by atoms with Gasteiger partial charge in [-0.2, -0.15) is 84.1 Å². The maximum Gasteiger partial charge on any atom is 0.416 e. The van der Waals surface area contributed by atoms with Crippen molar-refractivity contribution >= 4 is 75.6 Å². The van der Waals surface area contributed by atoms with Crippen LogP contribution in [0.1, 0.15) is 247 Å². The summed E-state index contributed by atoms with van der Waals surface area (Å²) in [5.41, 5.74) is -7.64. The molecule has 0 radical (unpaired) electrons. The van der Waals surface area contributed by atoms with Gasteiger partial charge in [0.25, 0.3) is 0 Å². The van der Waals surface area contributed by atoms with Gasteiger partial charge in [0.05, 0.1) is 93.8 Å². The number of halogens is 19. The minimum absolute atomic E-state index is 0.00770. The number of amides is 3. The first-order valence-electron chi connectivity index (χ1n) is 48.3. The van der Waals surface area contributed by atoms with E-state index in [4.69, 9.17) is 24.1 Å². The summed E-state index contributed by atoms with van der Waals surface area (Å²) in [5.74, 6) is -3.22. The predicted molar refractivity (Wildman–Crippen MR) is 498 cm³/mol. The van der Waals surface area contributed by atoms with Crippen molar-refractivity contribution in [2.75, 3.05) is 52.5 Å². The second-order valence-corrected chi connectivity index (χ2v) is 39.2. The van der Waals surface area contributed by atoms with Gasteiger partial charge in [-0.05, 0) is 227 Å². The molecule has 13 rings (SSSR count). The second kappa shape index (κ2) is 48.6. The molecule has 28 nitrogen and oxygen atoms in total. The lowest BCUT2D eigenvalue weighted by atomic mass is 9.87. The van der Waals surface area contributed by atoms with Gasteiger partial charge in [0.1, 0.15) is 12.2 Å². The number of nitrogens with zero attached hydrogens (tertiary/aromatic N) is 15. The highest BCUT2D eigenvalue weighted by Crippen LogP contribution is 2.46. The molecule has 798 valence electrons. The van der Waals surface area contributed by atoms with Crippen LogP contribution in [0.5, 0.6) is 0 Å². The van der Waals surface area contributed by atoms with E-state index in [1.54, 1.807) is 79.8 Å². The molecule has 3 aromatic carbocycles. The zero-order valence-corrected chi connectivity index (χ0v) is 82.9. The molecule has 6 fully saturated rings. The van der Waals surface area contributed by atoms with E-state index in [1.807, 2.05) is 46.4 Å². The summed E-state index contributed by atoms with van der Waals surface area (Å²) in [6.45, 7) is 16.2. The summed E-state index contributed by atoms with van der Waals surface area (Å²) >= 11 is 3.26. The third-order valence-electron chi connectivity index (χ3n) is 27.6. The number of carboxylic acids is 3. The van der Waals surface area contributed by atoms with Crippen LogP contribution in [0, 0.1) is 17.3 Å². The fourth-order valence-electron chi connectivity index (χ4n) is 19.8. The van der Waals surface area contributed by atoms with E-state index in [0.29, 0.717) is 207 Å². The normalized spacial score (nSPS) is 22.6. The molecule has 47 heteroatoms. The standard InChI is InChI=1S/C34H42F6N6O4.C34H43F6N5O5.C30H35BrF6N4O4/c1-6-26-13-28(14-27(7-2)46(26)31(49)50-20-32(3,4)9-8-29(47)48)45(30-41-15-22(16-42-30)23-17-43-44(5)19-23)18-21-10-24(33(35,36)37)12-25(11-21)34(38,39)40;1-3-25-16-27(17-26(4-2)45(25)32(48)50-29-7-5-22(6-8-29)30(46)47)44(31-41-18-28(19-42-31)43-9-11-49-12-10-43)20-21-13-23(33(35,36)37)15-24(14-21)34(38,39)40;1-3-22-12-24(13-23(4-2)41(22)28(44)45-25-7-5-18(6-8-25)26(42)43)40(27-38-14-21(31)15-39-27)16-17-9-19(29(32,33)34)11-20(10-17)30(35,36)37/h10-12,15-17,19,26-28H,6-9,13-14,18,20H2,1-5H3,(H,47,48);13-15,18-19,22,25-27,29H,3-12,16-17,20H2,1-2H3,(H,46,47);9-11,14-15,18,22-25H,3-8,12-13,16H2,1-2H3,(H,42,43)/t26-,27+,28?;22?,25-,26+,27?,29?;18?,22-,23+,24?,25?. The van der Waals surface area contributed by atoms with Crippen LogP contribution in [-0.2, 0) is 97.1 Å². The highest BCUT2D eigenvalue weighted by Gasteiger charge is 2.49. The number of aryl methyl sites for hydroxylation is 1. The van der Waals surface area contributed by atoms with Crippen LogP contribution in [0.4, 0.5) is 117 Å². The topological polar surface area (TPSA) is 318 Å². The van der Waals surface area contributed by atoms with Crippen LogP contribution in [0.3, 0.4) is 0 Å². The number of hydrogen-bond donors (Lipinski definition) is 3. The molecule has 2 aliphatic carbocycles. The van der Waals surface area contributed by atoms with E-state index >= 15 is 0 Å². The van der Waals surface area contributed by atoms with Crippen LogP contribution in [0.25, 0.3) is 11.1 Å². The lowest BCUT2D eigenvalue weighted by molar-refractivity contribution is -0.144. The molecule has 2 saturated carbocycles. The lowest BCUT2D eigenvalue weighted by Crippen LogP contribution is -2.57. The van der Waals surface area contributed by atoms with Crippen LogP contribution < -0.4 is 19.6 Å². The Kier molecular flexibility index (Phi) is 38.2. The Morgan fingerprint density at radius 1 is 0.414 bits per heavy atom. The lowest BCUT2D eigenvalue weighted by Gasteiger charge is -2.47. The summed E-state index contributed by atoms with van der Waals surface area (Å²) in [5, 5.41) is 31.8. The summed E-state index contributed by atoms with van der Waals surface area (Å²) in [6.07, 6.45) is -11.3. The molecular weight excluding hydrogens is 2020 g/mol. The van der Waals surface area contributed by atoms with Crippen molar-refractivity contribution in [1.82, 2.24) is 54.4 Å². The molecule has 8 heterocycles. The minimum atomic E-state index is -5.02. The van der Waals surface area contributed by atoms with Gasteiger partial charge in [-0.1, -0.05) is 55.4 Å². The van der Waals surface area contributed by atoms with E-state index in [0.717, 1.165) is 12.1 Å². The van der Waals surface area contributed by atoms with Crippen LogP contribution in [0.2, 0.25) is 0 Å². The molecular formula is C98H120BrF18N15O13. The van der Waals surface area contributed by atoms with Crippen molar-refractivity contribution < 1.29 is 142 Å². The second-order valence-electron chi connectivity index (χ2n) is 38.3. The highest BCUT2D eigenvalue weighted by molar-refractivity contribution is 9.10. The first-order chi connectivity index (χ1) is 68.1. The third kappa shape index (κ3) is 30.7. The Labute approximate surface area is 834 Å². The van der Waals surface area contributed by atoms with Gasteiger partial charge >= 0.3 is 73.2 Å². The maximum absolute atomic E-state index is 13.8. The summed E-state index contributed by atoms with van der Waals surface area (Å²) in [4.78, 5) is 113. The van der Waals surface area contributed by atoms with Crippen molar-refractivity contribution in [3.8, 4) is 11.1 Å². The van der Waals surface area contributed by atoms with Crippen LogP contribution in [-0.4, -0.2) is 205 Å². The molecule has 9 atom stereocenters. The van der Waals surface area contributed by atoms with Crippen molar-refractivity contribution in [2.24, 2.45) is 24.3 Å². The molecule has 3 unspecified atom stereocenters. The molecule has 6 aliphatic rings. The third-order valence-corrected chi connectivity index (χ3v) is 28.1. The van der Waals surface area contributed by atoms with Gasteiger partial charge in [-0.15, -0.1) is 0 Å². The smallest absolute Gasteiger partial charge is 0.416 e. The fraction of sp³-hybridized carbons (Fsp3) is 0.602. The summed E-state index contributed by atoms with van der Waals surface area (Å²) in [6, 6.07) is 1.05. The number of piperidine rings is 3. The Morgan fingerprint density at radius 2 is 0.710 bits per heavy atom. The monoisotopic (exact) mass is 2140 g/mol. The number of alkyl halides is 18. The fourth-order valence-corrected chi connectivity index (χ4v) is 20.0. The number of benzene rings is 3. The molecule has 7 aromatic rings. The molecule has 0 spiro atoms. The van der Waals surface area contributed by atoms with Gasteiger partial charge < -0.3 is 68.6 Å². The van der Waals surface area contributed by atoms with E-state index < -0.39 is 166 Å². The number of hydrogen-bond acceptors (Lipinski definition) is 21. The summed E-state index contributed by atoms with van der Waals surface area (Å²) in [7, 11) is 1.74. The highest BCUT2D eigenvalue weighted by atomic mass is 79.9. The van der Waals surface area contributed by atoms with E-state index in [9.17, 15) is 118 Å². The predicted octanol–water partition coefficient (Wildman–Crippen LogP) is 23.2. The molecule has 3 N–H and O–H groups in total. The zero-order chi connectivity index (χ0) is 106. The van der Waals surface area contributed by atoms with E-state index in [-0.39, 0.29) is 110 Å². The molecule has 145 heavy (non-hydrogen) atoms. The van der Waals surface area contributed by atoms with Gasteiger partial charge in [-0.3, -0.25) is 19.1 Å². The van der Waals surface area contributed by atoms with Crippen molar-refractivity contribution in [1.29, 1.82) is 0 Å². The zero-order valence-electron chi connectivity index (χ0n) is 81.3. The Hall–Kier alpha value is -11.3. The Morgan fingerprint density at radius 3 is 0.986 bits per heavy atom. The van der Waals surface area contributed by atoms with Crippen LogP contribution >= 0.6 is 15.9 Å². The number of ether oxygens (including phenoxy) is 4. The van der Waals surface area contributed by atoms with Gasteiger partial charge in [0, 0.05) is 143 Å². The number of aromatic nitrogens is 8. The van der Waals surface area contributed by atoms with Gasteiger partial charge in [-0.25, -0.2) is 44.3 Å². The quantitative estimate of drug-likeness (QED) is 0.0290. The first kappa shape index (κ1) is 114. The van der Waals surface area contributed by atoms with E-state index in [2.05, 4.69) is 50.9 Å². The van der Waals surface area contributed by atoms with E-state index in [1.165, 1.54) is 24.8 Å². The molecule has 3 amide bonds. The summed E-state index contributed by atoms with van der Waals surface area (Å²) < 4.78 is 273. The Balaban J connectivity index is 0.000000207. The molecule has 0 bridgehead atoms. The number of anilines is 4. The average Bonchev–Trinajstić information content (AvgIpc) is 1.49. The van der Waals surface area contributed by atoms with Gasteiger partial charge in [0.15, 0.2) is 0 Å². The first-order valence-corrected chi connectivity index (χ1v) is 49.1. The maximum atomic E-state index is 13.8. The molecule has 4 saturated heterocycles. The molecule has 4 aromatic heterocycles. The Bertz CT molecular complexity index is 5330. The minimum Gasteiger partial charge on any atom is -0.481 e. The van der Waals surface area contributed by atoms with Crippen LogP contribution in [0.15, 0.2) is 109 Å². The number of carboxylic acid groups (broad SMARTS) is 3. The number of carbonyl (C=O) groups excluding carboxylic acids is 3. The number of likely N-dealkylation sites (tertiary alicyclic amines) is 3. The van der Waals surface area contributed by atoms with Crippen molar-refractivity contribution in [3.05, 3.63) is 159 Å². The van der Waals surface area contributed by atoms with Crippen molar-refractivity contribution in [3.63, 3.8) is 0 Å². The molecule has 4 aliphatic heterocycles. The number of aliphatic carboxylic acids is 3. The number of carbonyl (C=O) groups is 6. The number of morpholine rings is 1. The van der Waals surface area contributed by atoms with Crippen molar-refractivity contribution in [2.45, 2.75) is 320 Å². The number of rotatable bonds is 29. The van der Waals surface area contributed by atoms with Gasteiger partial charge in [0.2, 0.25) is 17.8 Å². The SMILES string of the molecule is CC[C@@H]1CC(N(Cc2cc(C(F)(F)F)cc(C(F)(F)F)c2)c2ncc(-c3cnn(C)c3)cn2)C[C@H](CC)N1C(=O)OCC(C)(C)CCC(=O)O.CC[C@@H]1CC(N(Cc2cc(C(F)(F)F)cc(C(F)(F)F)c2)c2ncc(Br)cn2)C[C@H](CC)N1C(=O)OC1CCC(C(=O)O)CC1.CC[C@@H]1CC(N(Cc2cc(C(F)(F)F)cc(C(F)(F)F)c2)c2ncc(N3CCOCC3)cn2)C[C@H](CC)N1C(=O)OC1CCC(C(=O)O)CC1.